The van der Waals surface area contributed by atoms with Crippen LogP contribution >= 0.6 is 11.3 Å². The van der Waals surface area contributed by atoms with E-state index < -0.39 is 0 Å². The van der Waals surface area contributed by atoms with Gasteiger partial charge in [0.15, 0.2) is 0 Å². The molecular weight excluding hydrogens is 320 g/mol. The highest BCUT2D eigenvalue weighted by Gasteiger charge is 2.28. The van der Waals surface area contributed by atoms with Gasteiger partial charge in [0.1, 0.15) is 16.4 Å². The summed E-state index contributed by atoms with van der Waals surface area (Å²) in [5, 5.41) is 3.85. The first-order chi connectivity index (χ1) is 11.8. The molecule has 3 aromatic rings. The molecular formula is C19H16N2O2S. The van der Waals surface area contributed by atoms with Crippen molar-refractivity contribution in [2.24, 2.45) is 0 Å². The lowest BCUT2D eigenvalue weighted by atomic mass is 9.92. The van der Waals surface area contributed by atoms with E-state index in [1.807, 2.05) is 54.6 Å². The number of nitrogens with zero attached hydrogens (tertiary/aromatic N) is 1. The lowest BCUT2D eigenvalue weighted by Crippen LogP contribution is -2.26. The van der Waals surface area contributed by atoms with Crippen LogP contribution in [0.1, 0.15) is 17.9 Å². The molecule has 1 unspecified atom stereocenters. The summed E-state index contributed by atoms with van der Waals surface area (Å²) in [4.78, 5) is 17.2. The highest BCUT2D eigenvalue weighted by Crippen LogP contribution is 2.36. The Labute approximate surface area is 144 Å². The lowest BCUT2D eigenvalue weighted by Gasteiger charge is -2.24. The molecule has 2 aromatic carbocycles. The van der Waals surface area contributed by atoms with Crippen molar-refractivity contribution < 1.29 is 9.53 Å². The Bertz CT molecular complexity index is 861. The van der Waals surface area contributed by atoms with Crippen molar-refractivity contribution in [3.63, 3.8) is 0 Å². The van der Waals surface area contributed by atoms with Gasteiger partial charge in [0.2, 0.25) is 5.91 Å². The Morgan fingerprint density at radius 3 is 2.79 bits per heavy atom. The maximum atomic E-state index is 12.8. The zero-order valence-electron chi connectivity index (χ0n) is 12.9. The van der Waals surface area contributed by atoms with Crippen molar-refractivity contribution in [1.82, 2.24) is 4.98 Å². The number of rotatable bonds is 3. The highest BCUT2D eigenvalue weighted by atomic mass is 32.1. The third kappa shape index (κ3) is 2.78. The maximum absolute atomic E-state index is 12.8. The average Bonchev–Trinajstić information content (AvgIpc) is 3.10. The average molecular weight is 336 g/mol. The number of fused-ring (bicyclic) bond motifs is 1. The molecule has 0 aliphatic carbocycles. The number of thiazole rings is 1. The van der Waals surface area contributed by atoms with Gasteiger partial charge in [-0.2, -0.15) is 0 Å². The predicted molar refractivity (Wildman–Crippen MR) is 95.5 cm³/mol. The van der Waals surface area contributed by atoms with E-state index in [4.69, 9.17) is 4.74 Å². The number of hydrogen-bond acceptors (Lipinski definition) is 4. The lowest BCUT2D eigenvalue weighted by molar-refractivity contribution is -0.118. The van der Waals surface area contributed by atoms with Crippen LogP contribution in [0, 0.1) is 0 Å². The Morgan fingerprint density at radius 1 is 1.12 bits per heavy atom. The molecule has 120 valence electrons. The number of para-hydroxylation sites is 1. The first-order valence-electron chi connectivity index (χ1n) is 7.84. The molecule has 0 radical (unpaired) electrons. The second-order valence-corrected chi connectivity index (χ2v) is 6.47. The van der Waals surface area contributed by atoms with Gasteiger partial charge in [-0.3, -0.25) is 4.79 Å². The van der Waals surface area contributed by atoms with Gasteiger partial charge in [0.25, 0.3) is 0 Å². The first kappa shape index (κ1) is 14.9. The van der Waals surface area contributed by atoms with Gasteiger partial charge in [-0.05, 0) is 12.5 Å². The SMILES string of the molecule is O=C(Nc1scnc1-c1ccccc1)C1CCOc2ccccc21. The number of benzene rings is 2. The minimum Gasteiger partial charge on any atom is -0.493 e. The normalized spacial score (nSPS) is 16.1. The van der Waals surface area contributed by atoms with E-state index in [1.54, 1.807) is 5.51 Å². The van der Waals surface area contributed by atoms with Crippen molar-refractivity contribution in [2.75, 3.05) is 11.9 Å². The van der Waals surface area contributed by atoms with Gasteiger partial charge in [-0.15, -0.1) is 11.3 Å². The molecule has 0 bridgehead atoms. The quantitative estimate of drug-likeness (QED) is 0.775. The van der Waals surface area contributed by atoms with Gasteiger partial charge >= 0.3 is 0 Å². The summed E-state index contributed by atoms with van der Waals surface area (Å²) in [5.74, 6) is 0.601. The molecule has 0 saturated heterocycles. The van der Waals surface area contributed by atoms with Crippen LogP contribution in [0.15, 0.2) is 60.1 Å². The van der Waals surface area contributed by atoms with Gasteiger partial charge in [-0.25, -0.2) is 4.98 Å². The first-order valence-corrected chi connectivity index (χ1v) is 8.72. The molecule has 1 atom stereocenters. The van der Waals surface area contributed by atoms with Crippen LogP contribution in [0.2, 0.25) is 0 Å². The second-order valence-electron chi connectivity index (χ2n) is 5.61. The van der Waals surface area contributed by atoms with Crippen molar-refractivity contribution in [1.29, 1.82) is 0 Å². The number of nitrogens with one attached hydrogen (secondary N) is 1. The number of carbonyl (C=O) groups excluding carboxylic acids is 1. The van der Waals surface area contributed by atoms with Gasteiger partial charge in [0.05, 0.1) is 18.0 Å². The summed E-state index contributed by atoms with van der Waals surface area (Å²) in [6.45, 7) is 0.559. The summed E-state index contributed by atoms with van der Waals surface area (Å²) in [6.07, 6.45) is 0.683. The van der Waals surface area contributed by atoms with E-state index in [2.05, 4.69) is 10.3 Å². The molecule has 1 aromatic heterocycles. The third-order valence-corrected chi connectivity index (χ3v) is 4.87. The number of hydrogen-bond donors (Lipinski definition) is 1. The molecule has 24 heavy (non-hydrogen) atoms. The fourth-order valence-corrected chi connectivity index (χ4v) is 3.66. The monoisotopic (exact) mass is 336 g/mol. The molecule has 2 heterocycles. The van der Waals surface area contributed by atoms with Crippen molar-refractivity contribution in [2.45, 2.75) is 12.3 Å². The summed E-state index contributed by atoms with van der Waals surface area (Å²) in [6, 6.07) is 17.6. The number of anilines is 1. The molecule has 4 rings (SSSR count). The Morgan fingerprint density at radius 2 is 1.92 bits per heavy atom. The number of carbonyl (C=O) groups is 1. The molecule has 0 saturated carbocycles. The second kappa shape index (κ2) is 6.45. The Kier molecular flexibility index (Phi) is 4.01. The standard InChI is InChI=1S/C19H16N2O2S/c22-18(15-10-11-23-16-9-5-4-8-14(15)16)21-19-17(20-12-24-19)13-6-2-1-3-7-13/h1-9,12,15H,10-11H2,(H,21,22). The van der Waals surface area contributed by atoms with E-state index in [0.717, 1.165) is 27.6 Å². The molecule has 0 spiro atoms. The maximum Gasteiger partial charge on any atom is 0.232 e. The molecule has 1 aliphatic rings. The third-order valence-electron chi connectivity index (χ3n) is 4.13. The fourth-order valence-electron chi connectivity index (χ4n) is 2.95. The Hall–Kier alpha value is -2.66. The summed E-state index contributed by atoms with van der Waals surface area (Å²) in [5.41, 5.74) is 4.53. The minimum atomic E-state index is -0.194. The molecule has 5 heteroatoms. The van der Waals surface area contributed by atoms with Gasteiger partial charge in [0, 0.05) is 11.1 Å². The number of ether oxygens (including phenoxy) is 1. The van der Waals surface area contributed by atoms with E-state index in [0.29, 0.717) is 13.0 Å². The smallest absolute Gasteiger partial charge is 0.232 e. The molecule has 1 amide bonds. The van der Waals surface area contributed by atoms with Crippen LogP contribution in [0.3, 0.4) is 0 Å². The zero-order chi connectivity index (χ0) is 16.4. The van der Waals surface area contributed by atoms with Crippen LogP contribution in [0.5, 0.6) is 5.75 Å². The van der Waals surface area contributed by atoms with Gasteiger partial charge < -0.3 is 10.1 Å². The zero-order valence-corrected chi connectivity index (χ0v) is 13.8. The van der Waals surface area contributed by atoms with E-state index in [1.165, 1.54) is 11.3 Å². The molecule has 1 aliphatic heterocycles. The summed E-state index contributed by atoms with van der Waals surface area (Å²) < 4.78 is 5.64. The van der Waals surface area contributed by atoms with Crippen LogP contribution in [-0.2, 0) is 4.79 Å². The molecule has 0 fully saturated rings. The molecule has 4 nitrogen and oxygen atoms in total. The highest BCUT2D eigenvalue weighted by molar-refractivity contribution is 7.14. The van der Waals surface area contributed by atoms with E-state index in [9.17, 15) is 4.79 Å². The fraction of sp³-hybridized carbons (Fsp3) is 0.158. The van der Waals surface area contributed by atoms with Crippen molar-refractivity contribution in [3.8, 4) is 17.0 Å². The van der Waals surface area contributed by atoms with Crippen molar-refractivity contribution >= 4 is 22.2 Å². The largest absolute Gasteiger partial charge is 0.493 e. The Balaban J connectivity index is 1.60. The summed E-state index contributed by atoms with van der Waals surface area (Å²) >= 11 is 1.44. The van der Waals surface area contributed by atoms with E-state index >= 15 is 0 Å². The topological polar surface area (TPSA) is 51.2 Å². The van der Waals surface area contributed by atoms with Crippen LogP contribution < -0.4 is 10.1 Å². The van der Waals surface area contributed by atoms with Crippen LogP contribution in [0.25, 0.3) is 11.3 Å². The minimum absolute atomic E-state index is 0.00724. The van der Waals surface area contributed by atoms with Gasteiger partial charge in [-0.1, -0.05) is 48.5 Å². The summed E-state index contributed by atoms with van der Waals surface area (Å²) in [7, 11) is 0. The van der Waals surface area contributed by atoms with Crippen molar-refractivity contribution in [3.05, 3.63) is 65.7 Å². The number of aromatic nitrogens is 1. The van der Waals surface area contributed by atoms with E-state index in [-0.39, 0.29) is 11.8 Å². The molecule has 1 N–H and O–H groups in total. The number of amides is 1. The predicted octanol–water partition coefficient (Wildman–Crippen LogP) is 4.31. The van der Waals surface area contributed by atoms with Crippen LogP contribution in [-0.4, -0.2) is 17.5 Å². The van der Waals surface area contributed by atoms with Crippen LogP contribution in [0.4, 0.5) is 5.00 Å².